The summed E-state index contributed by atoms with van der Waals surface area (Å²) < 4.78 is 0. The summed E-state index contributed by atoms with van der Waals surface area (Å²) in [6.45, 7) is 0. The van der Waals surface area contributed by atoms with Gasteiger partial charge in [0, 0.05) is 16.5 Å². The van der Waals surface area contributed by atoms with Crippen LogP contribution in [0, 0.1) is 11.3 Å². The Morgan fingerprint density at radius 2 is 1.72 bits per heavy atom. The second kappa shape index (κ2) is 4.33. The van der Waals surface area contributed by atoms with Crippen LogP contribution in [0.25, 0.3) is 6.08 Å². The van der Waals surface area contributed by atoms with Crippen LogP contribution in [0.15, 0.2) is 54.1 Å². The molecule has 0 spiro atoms. The molecule has 0 radical (unpaired) electrons. The third-order valence-electron chi connectivity index (χ3n) is 3.26. The number of allylic oxidation sites excluding steroid dienone is 1. The molecule has 1 atom stereocenters. The Hall–Kier alpha value is -2.04. The minimum atomic E-state index is 0.0449. The minimum Gasteiger partial charge on any atom is -0.193 e. The highest BCUT2D eigenvalue weighted by atomic mass is 35.5. The summed E-state index contributed by atoms with van der Waals surface area (Å²) in [7, 11) is 0. The van der Waals surface area contributed by atoms with E-state index in [0.717, 1.165) is 16.7 Å². The number of rotatable bonds is 1. The van der Waals surface area contributed by atoms with Crippen molar-refractivity contribution in [1.29, 1.82) is 5.26 Å². The molecule has 1 aliphatic rings. The molecule has 0 aromatic heterocycles. The lowest BCUT2D eigenvalue weighted by Crippen LogP contribution is -1.99. The van der Waals surface area contributed by atoms with Crippen molar-refractivity contribution in [3.8, 4) is 6.07 Å². The number of halogens is 1. The predicted molar refractivity (Wildman–Crippen MR) is 73.3 cm³/mol. The number of hydrogen-bond acceptors (Lipinski definition) is 1. The van der Waals surface area contributed by atoms with Crippen LogP contribution in [0.3, 0.4) is 0 Å². The van der Waals surface area contributed by atoms with E-state index in [1.807, 2.05) is 48.5 Å². The van der Waals surface area contributed by atoms with Crippen LogP contribution >= 0.6 is 11.6 Å². The van der Waals surface area contributed by atoms with Gasteiger partial charge in [0.1, 0.15) is 0 Å². The molecule has 1 nitrogen and oxygen atoms in total. The molecule has 2 aromatic carbocycles. The van der Waals surface area contributed by atoms with Gasteiger partial charge in [0.25, 0.3) is 0 Å². The third kappa shape index (κ3) is 1.72. The first-order valence-electron chi connectivity index (χ1n) is 5.75. The molecular weight excluding hydrogens is 242 g/mol. The maximum atomic E-state index is 9.28. The number of fused-ring (bicyclic) bond motifs is 1. The molecule has 18 heavy (non-hydrogen) atoms. The van der Waals surface area contributed by atoms with E-state index in [9.17, 15) is 5.26 Å². The van der Waals surface area contributed by atoms with Crippen molar-refractivity contribution >= 4 is 17.7 Å². The Bertz CT molecular complexity index is 662. The molecule has 2 aromatic rings. The van der Waals surface area contributed by atoms with Crippen LogP contribution < -0.4 is 0 Å². The van der Waals surface area contributed by atoms with Crippen molar-refractivity contribution in [2.24, 2.45) is 0 Å². The Morgan fingerprint density at radius 1 is 1.00 bits per heavy atom. The van der Waals surface area contributed by atoms with Gasteiger partial charge in [-0.25, -0.2) is 0 Å². The molecule has 0 heterocycles. The Kier molecular flexibility index (Phi) is 2.66. The zero-order chi connectivity index (χ0) is 12.5. The summed E-state index contributed by atoms with van der Waals surface area (Å²) in [6, 6.07) is 18.1. The first-order chi connectivity index (χ1) is 8.79. The fraction of sp³-hybridized carbons (Fsp3) is 0.0625. The first kappa shape index (κ1) is 11.1. The normalized spacial score (nSPS) is 16.9. The summed E-state index contributed by atoms with van der Waals surface area (Å²) in [6.07, 6.45) is 1.97. The molecule has 0 amide bonds. The van der Waals surface area contributed by atoms with E-state index in [2.05, 4.69) is 12.1 Å². The van der Waals surface area contributed by atoms with E-state index in [4.69, 9.17) is 11.6 Å². The summed E-state index contributed by atoms with van der Waals surface area (Å²) in [4.78, 5) is 0. The summed E-state index contributed by atoms with van der Waals surface area (Å²) >= 11 is 5.91. The van der Waals surface area contributed by atoms with Crippen LogP contribution in [-0.2, 0) is 0 Å². The van der Waals surface area contributed by atoms with E-state index < -0.39 is 0 Å². The molecule has 0 saturated heterocycles. The highest BCUT2D eigenvalue weighted by molar-refractivity contribution is 6.30. The molecule has 3 rings (SSSR count). The highest BCUT2D eigenvalue weighted by Crippen LogP contribution is 2.40. The predicted octanol–water partition coefficient (Wildman–Crippen LogP) is 4.39. The fourth-order valence-electron chi connectivity index (χ4n) is 2.43. The Morgan fingerprint density at radius 3 is 2.44 bits per heavy atom. The maximum absolute atomic E-state index is 9.28. The third-order valence-corrected chi connectivity index (χ3v) is 3.51. The second-order valence-corrected chi connectivity index (χ2v) is 4.76. The molecule has 0 saturated carbocycles. The van der Waals surface area contributed by atoms with Gasteiger partial charge in [-0.1, -0.05) is 48.0 Å². The molecule has 1 unspecified atom stereocenters. The average molecular weight is 252 g/mol. The Labute approximate surface area is 111 Å². The lowest BCUT2D eigenvalue weighted by molar-refractivity contribution is 1.01. The minimum absolute atomic E-state index is 0.0449. The molecule has 0 N–H and O–H groups in total. The quantitative estimate of drug-likeness (QED) is 0.737. The molecular formula is C16H10ClN. The molecule has 1 aliphatic carbocycles. The molecule has 0 aliphatic heterocycles. The average Bonchev–Trinajstić information content (AvgIpc) is 2.78. The van der Waals surface area contributed by atoms with Crippen LogP contribution in [0.5, 0.6) is 0 Å². The highest BCUT2D eigenvalue weighted by Gasteiger charge is 2.26. The SMILES string of the molecule is N#CC1=Cc2ccccc2C1c1ccc(Cl)cc1. The molecule has 2 heteroatoms. The van der Waals surface area contributed by atoms with Gasteiger partial charge in [0.2, 0.25) is 0 Å². The number of nitriles is 1. The van der Waals surface area contributed by atoms with E-state index in [1.165, 1.54) is 5.56 Å². The van der Waals surface area contributed by atoms with Gasteiger partial charge in [-0.05, 0) is 34.9 Å². The van der Waals surface area contributed by atoms with Gasteiger partial charge in [0.05, 0.1) is 6.07 Å². The molecule has 86 valence electrons. The monoisotopic (exact) mass is 251 g/mol. The number of benzene rings is 2. The van der Waals surface area contributed by atoms with Crippen LogP contribution in [0.4, 0.5) is 0 Å². The number of nitrogens with zero attached hydrogens (tertiary/aromatic N) is 1. The molecule has 0 fully saturated rings. The maximum Gasteiger partial charge on any atom is 0.0957 e. The van der Waals surface area contributed by atoms with Gasteiger partial charge >= 0.3 is 0 Å². The summed E-state index contributed by atoms with van der Waals surface area (Å²) in [5.41, 5.74) is 4.22. The van der Waals surface area contributed by atoms with Crippen molar-refractivity contribution in [2.75, 3.05) is 0 Å². The standard InChI is InChI=1S/C16H10ClN/c17-14-7-5-11(6-8-14)16-13(10-18)9-12-3-1-2-4-15(12)16/h1-9,16H. The van der Waals surface area contributed by atoms with Crippen molar-refractivity contribution in [3.63, 3.8) is 0 Å². The zero-order valence-corrected chi connectivity index (χ0v) is 10.4. The van der Waals surface area contributed by atoms with Gasteiger partial charge < -0.3 is 0 Å². The van der Waals surface area contributed by atoms with Crippen molar-refractivity contribution in [1.82, 2.24) is 0 Å². The largest absolute Gasteiger partial charge is 0.193 e. The lowest BCUT2D eigenvalue weighted by atomic mass is 9.89. The van der Waals surface area contributed by atoms with Crippen LogP contribution in [0.2, 0.25) is 5.02 Å². The summed E-state index contributed by atoms with van der Waals surface area (Å²) in [5.74, 6) is 0.0449. The van der Waals surface area contributed by atoms with Gasteiger partial charge in [-0.2, -0.15) is 5.26 Å². The second-order valence-electron chi connectivity index (χ2n) is 4.32. The van der Waals surface area contributed by atoms with Crippen molar-refractivity contribution < 1.29 is 0 Å². The zero-order valence-electron chi connectivity index (χ0n) is 9.60. The van der Waals surface area contributed by atoms with E-state index in [-0.39, 0.29) is 5.92 Å². The van der Waals surface area contributed by atoms with E-state index in [1.54, 1.807) is 0 Å². The van der Waals surface area contributed by atoms with Crippen molar-refractivity contribution in [2.45, 2.75) is 5.92 Å². The lowest BCUT2D eigenvalue weighted by Gasteiger charge is -2.13. The Balaban J connectivity index is 2.14. The van der Waals surface area contributed by atoms with E-state index in [0.29, 0.717) is 5.02 Å². The van der Waals surface area contributed by atoms with Gasteiger partial charge in [-0.15, -0.1) is 0 Å². The summed E-state index contributed by atoms with van der Waals surface area (Å²) in [5, 5.41) is 10.00. The van der Waals surface area contributed by atoms with Crippen LogP contribution in [0.1, 0.15) is 22.6 Å². The topological polar surface area (TPSA) is 23.8 Å². The van der Waals surface area contributed by atoms with Crippen molar-refractivity contribution in [3.05, 3.63) is 75.8 Å². The van der Waals surface area contributed by atoms with Crippen LogP contribution in [-0.4, -0.2) is 0 Å². The molecule has 0 bridgehead atoms. The van der Waals surface area contributed by atoms with Gasteiger partial charge in [0.15, 0.2) is 0 Å². The van der Waals surface area contributed by atoms with E-state index >= 15 is 0 Å². The van der Waals surface area contributed by atoms with Gasteiger partial charge in [-0.3, -0.25) is 0 Å². The fourth-order valence-corrected chi connectivity index (χ4v) is 2.56. The number of hydrogen-bond donors (Lipinski definition) is 0. The smallest absolute Gasteiger partial charge is 0.0957 e. The first-order valence-corrected chi connectivity index (χ1v) is 6.13.